The van der Waals surface area contributed by atoms with Crippen molar-refractivity contribution in [3.63, 3.8) is 0 Å². The molecule has 1 aliphatic rings. The summed E-state index contributed by atoms with van der Waals surface area (Å²) < 4.78 is 79.3. The third-order valence-corrected chi connectivity index (χ3v) is 5.38. The van der Waals surface area contributed by atoms with Crippen LogP contribution in [0.1, 0.15) is 24.3 Å². The summed E-state index contributed by atoms with van der Waals surface area (Å²) >= 11 is 0. The lowest BCUT2D eigenvalue weighted by Gasteiger charge is -2.33. The standard InChI is InChI=1S/C21H20F5N5O3/c1-10-9-33-4-3-31(10)19-27-7-13(8-28-19)29-20(32)30-18(21(24,25)26)16-11(2)14-5-12(22)6-15(23)17(14)34-16/h5-8,10,18H,3-4,9H2,1-2H3,(H2,29,30,32)/t10-,18?/m0/s1. The molecular weight excluding hydrogens is 465 g/mol. The highest BCUT2D eigenvalue weighted by Gasteiger charge is 2.45. The number of alkyl halides is 3. The van der Waals surface area contributed by atoms with Gasteiger partial charge in [-0.15, -0.1) is 0 Å². The maximum absolute atomic E-state index is 14.0. The van der Waals surface area contributed by atoms with E-state index in [4.69, 9.17) is 9.15 Å². The molecule has 2 amide bonds. The fourth-order valence-electron chi connectivity index (χ4n) is 3.69. The molecule has 0 aliphatic carbocycles. The van der Waals surface area contributed by atoms with Crippen LogP contribution >= 0.6 is 0 Å². The van der Waals surface area contributed by atoms with Crippen LogP contribution in [0.5, 0.6) is 0 Å². The summed E-state index contributed by atoms with van der Waals surface area (Å²) in [7, 11) is 0. The van der Waals surface area contributed by atoms with Crippen LogP contribution in [0.15, 0.2) is 28.9 Å². The Kier molecular flexibility index (Phi) is 6.30. The summed E-state index contributed by atoms with van der Waals surface area (Å²) in [5, 5.41) is 3.85. The van der Waals surface area contributed by atoms with Gasteiger partial charge in [0, 0.05) is 23.6 Å². The zero-order chi connectivity index (χ0) is 24.6. The van der Waals surface area contributed by atoms with Gasteiger partial charge < -0.3 is 24.7 Å². The smallest absolute Gasteiger partial charge is 0.416 e. The molecule has 0 saturated carbocycles. The molecule has 2 N–H and O–H groups in total. The van der Waals surface area contributed by atoms with Gasteiger partial charge in [0.15, 0.2) is 17.4 Å². The SMILES string of the molecule is Cc1c(C(NC(=O)Nc2cnc(N3CCOC[C@@H]3C)nc2)C(F)(F)F)oc2c(F)cc(F)cc12. The van der Waals surface area contributed by atoms with Crippen LogP contribution in [0.3, 0.4) is 0 Å². The van der Waals surface area contributed by atoms with E-state index < -0.39 is 41.2 Å². The van der Waals surface area contributed by atoms with Crippen LogP contribution in [0.4, 0.5) is 38.4 Å². The molecule has 34 heavy (non-hydrogen) atoms. The lowest BCUT2D eigenvalue weighted by molar-refractivity contribution is -0.158. The Bertz CT molecular complexity index is 1200. The number of aryl methyl sites for hydroxylation is 1. The quantitative estimate of drug-likeness (QED) is 0.531. The monoisotopic (exact) mass is 485 g/mol. The number of ether oxygens (including phenoxy) is 1. The van der Waals surface area contributed by atoms with Crippen molar-refractivity contribution in [2.24, 2.45) is 0 Å². The van der Waals surface area contributed by atoms with Gasteiger partial charge in [-0.25, -0.2) is 23.5 Å². The molecule has 1 aromatic carbocycles. The summed E-state index contributed by atoms with van der Waals surface area (Å²) in [6.45, 7) is 4.73. The van der Waals surface area contributed by atoms with Gasteiger partial charge >= 0.3 is 12.2 Å². The highest BCUT2D eigenvalue weighted by Crippen LogP contribution is 2.39. The number of carbonyl (C=O) groups is 1. The number of carbonyl (C=O) groups excluding carboxylic acids is 1. The fraction of sp³-hybridized carbons (Fsp3) is 0.381. The number of rotatable bonds is 4. The number of hydrogen-bond acceptors (Lipinski definition) is 6. The van der Waals surface area contributed by atoms with Crippen molar-refractivity contribution >= 4 is 28.6 Å². The topological polar surface area (TPSA) is 92.5 Å². The van der Waals surface area contributed by atoms with Crippen molar-refractivity contribution < 1.29 is 35.9 Å². The second-order valence-electron chi connectivity index (χ2n) is 7.82. The molecule has 1 saturated heterocycles. The molecule has 1 fully saturated rings. The Balaban J connectivity index is 1.53. The van der Waals surface area contributed by atoms with Gasteiger partial charge in [-0.2, -0.15) is 13.2 Å². The highest BCUT2D eigenvalue weighted by molar-refractivity contribution is 5.89. The number of urea groups is 1. The van der Waals surface area contributed by atoms with Crippen LogP contribution in [-0.2, 0) is 4.74 Å². The number of halogens is 5. The Morgan fingerprint density at radius 1 is 1.24 bits per heavy atom. The summed E-state index contributed by atoms with van der Waals surface area (Å²) in [6.07, 6.45) is -2.47. The first-order valence-corrected chi connectivity index (χ1v) is 10.2. The van der Waals surface area contributed by atoms with Crippen LogP contribution < -0.4 is 15.5 Å². The van der Waals surface area contributed by atoms with Crippen molar-refractivity contribution in [3.05, 3.63) is 47.5 Å². The minimum Gasteiger partial charge on any atom is -0.455 e. The molecule has 2 atom stereocenters. The Hall–Kier alpha value is -3.48. The Labute approximate surface area is 190 Å². The fourth-order valence-corrected chi connectivity index (χ4v) is 3.69. The highest BCUT2D eigenvalue weighted by atomic mass is 19.4. The van der Waals surface area contributed by atoms with Crippen LogP contribution in [0.25, 0.3) is 11.0 Å². The average molecular weight is 485 g/mol. The Morgan fingerprint density at radius 2 is 1.94 bits per heavy atom. The van der Waals surface area contributed by atoms with Crippen LogP contribution in [-0.4, -0.2) is 48.0 Å². The van der Waals surface area contributed by atoms with E-state index in [1.54, 1.807) is 5.32 Å². The number of nitrogens with one attached hydrogen (secondary N) is 2. The molecule has 3 heterocycles. The van der Waals surface area contributed by atoms with Crippen molar-refractivity contribution in [2.45, 2.75) is 32.1 Å². The summed E-state index contributed by atoms with van der Waals surface area (Å²) in [4.78, 5) is 22.6. The molecule has 13 heteroatoms. The van der Waals surface area contributed by atoms with Gasteiger partial charge in [0.1, 0.15) is 11.6 Å². The minimum atomic E-state index is -4.99. The molecule has 1 aliphatic heterocycles. The van der Waals surface area contributed by atoms with E-state index in [9.17, 15) is 26.7 Å². The molecular formula is C21H20F5N5O3. The lowest BCUT2D eigenvalue weighted by atomic mass is 10.1. The van der Waals surface area contributed by atoms with E-state index in [1.165, 1.54) is 19.3 Å². The van der Waals surface area contributed by atoms with Gasteiger partial charge in [-0.05, 0) is 19.9 Å². The van der Waals surface area contributed by atoms with E-state index >= 15 is 0 Å². The number of furan rings is 1. The Morgan fingerprint density at radius 3 is 2.59 bits per heavy atom. The molecule has 1 unspecified atom stereocenters. The average Bonchev–Trinajstić information content (AvgIpc) is 3.09. The van der Waals surface area contributed by atoms with E-state index in [2.05, 4.69) is 15.3 Å². The number of amides is 2. The molecule has 0 bridgehead atoms. The van der Waals surface area contributed by atoms with E-state index in [0.717, 1.165) is 6.07 Å². The van der Waals surface area contributed by atoms with Crippen LogP contribution in [0, 0.1) is 18.6 Å². The number of benzene rings is 1. The van der Waals surface area contributed by atoms with E-state index in [-0.39, 0.29) is 22.7 Å². The van der Waals surface area contributed by atoms with Gasteiger partial charge in [0.2, 0.25) is 5.95 Å². The summed E-state index contributed by atoms with van der Waals surface area (Å²) in [6, 6.07) is -2.43. The van der Waals surface area contributed by atoms with Crippen molar-refractivity contribution in [1.82, 2.24) is 15.3 Å². The number of nitrogens with zero attached hydrogens (tertiary/aromatic N) is 3. The number of anilines is 2. The van der Waals surface area contributed by atoms with Gasteiger partial charge in [0.05, 0.1) is 37.3 Å². The number of fused-ring (bicyclic) bond motifs is 1. The van der Waals surface area contributed by atoms with Crippen LogP contribution in [0.2, 0.25) is 0 Å². The summed E-state index contributed by atoms with van der Waals surface area (Å²) in [5.74, 6) is -2.48. The molecule has 2 aromatic heterocycles. The molecule has 4 rings (SSSR count). The largest absolute Gasteiger partial charge is 0.455 e. The normalized spacial score (nSPS) is 17.6. The second-order valence-corrected chi connectivity index (χ2v) is 7.82. The van der Waals surface area contributed by atoms with E-state index in [1.807, 2.05) is 11.8 Å². The van der Waals surface area contributed by atoms with Gasteiger partial charge in [0.25, 0.3) is 0 Å². The molecule has 0 spiro atoms. The summed E-state index contributed by atoms with van der Waals surface area (Å²) in [5.41, 5.74) is -0.632. The molecule has 182 valence electrons. The zero-order valence-corrected chi connectivity index (χ0v) is 18.0. The number of hydrogen-bond donors (Lipinski definition) is 2. The lowest BCUT2D eigenvalue weighted by Crippen LogP contribution is -2.44. The van der Waals surface area contributed by atoms with Gasteiger partial charge in [-0.3, -0.25) is 0 Å². The van der Waals surface area contributed by atoms with Gasteiger partial charge in [-0.1, -0.05) is 0 Å². The molecule has 3 aromatic rings. The zero-order valence-electron chi connectivity index (χ0n) is 18.0. The minimum absolute atomic E-state index is 0.0359. The van der Waals surface area contributed by atoms with Crippen molar-refractivity contribution in [3.8, 4) is 0 Å². The second kappa shape index (κ2) is 9.05. The number of morpholine rings is 1. The maximum Gasteiger partial charge on any atom is 0.416 e. The predicted octanol–water partition coefficient (Wildman–Crippen LogP) is 4.46. The van der Waals surface area contributed by atoms with Crippen molar-refractivity contribution in [2.75, 3.05) is 30.0 Å². The van der Waals surface area contributed by atoms with Crippen molar-refractivity contribution in [1.29, 1.82) is 0 Å². The predicted molar refractivity (Wildman–Crippen MR) is 111 cm³/mol. The maximum atomic E-state index is 14.0. The van der Waals surface area contributed by atoms with E-state index in [0.29, 0.717) is 31.8 Å². The first kappa shape index (κ1) is 23.7. The first-order valence-electron chi connectivity index (χ1n) is 10.2. The molecule has 0 radical (unpaired) electrons. The third-order valence-electron chi connectivity index (χ3n) is 5.38. The third kappa shape index (κ3) is 4.74. The molecule has 8 nitrogen and oxygen atoms in total. The number of aromatic nitrogens is 2. The first-order chi connectivity index (χ1) is 16.0.